The fraction of sp³-hybridized carbons (Fsp3) is 0.353. The molecule has 0 radical (unpaired) electrons. The van der Waals surface area contributed by atoms with Gasteiger partial charge >= 0.3 is 6.09 Å². The van der Waals surface area contributed by atoms with E-state index in [0.29, 0.717) is 31.0 Å². The second-order valence-corrected chi connectivity index (χ2v) is 5.99. The summed E-state index contributed by atoms with van der Waals surface area (Å²) in [5, 5.41) is 0. The normalized spacial score (nSPS) is 22.2. The maximum Gasteiger partial charge on any atom is 0.417 e. The zero-order valence-corrected chi connectivity index (χ0v) is 13.3. The van der Waals surface area contributed by atoms with Crippen molar-refractivity contribution in [1.82, 2.24) is 9.80 Å². The Kier molecular flexibility index (Phi) is 3.79. The highest BCUT2D eigenvalue weighted by Gasteiger charge is 2.40. The molecule has 0 aromatic heterocycles. The highest BCUT2D eigenvalue weighted by atomic mass is 16.7. The standard InChI is InChI=1S/C17H16N2O6/c20-15(4-2-11-1-3-13-14(7-11)25-10-24-13)18-6-5-12(8-18)19-16(21)9-23-17(19)22/h1-4,7,12H,5-6,8-10H2/b4-2+/t12-/m0/s1. The molecule has 3 heterocycles. The van der Waals surface area contributed by atoms with Gasteiger partial charge in [-0.1, -0.05) is 6.07 Å². The molecule has 0 saturated carbocycles. The first-order valence-corrected chi connectivity index (χ1v) is 7.97. The number of cyclic esters (lactones) is 1. The third-order valence-corrected chi connectivity index (χ3v) is 4.44. The largest absolute Gasteiger partial charge is 0.454 e. The van der Waals surface area contributed by atoms with Gasteiger partial charge in [0.2, 0.25) is 12.7 Å². The first kappa shape index (κ1) is 15.5. The monoisotopic (exact) mass is 344 g/mol. The van der Waals surface area contributed by atoms with Gasteiger partial charge in [0.1, 0.15) is 0 Å². The van der Waals surface area contributed by atoms with Gasteiger partial charge in [-0.05, 0) is 30.2 Å². The highest BCUT2D eigenvalue weighted by Crippen LogP contribution is 2.32. The van der Waals surface area contributed by atoms with E-state index in [1.807, 2.05) is 6.07 Å². The molecule has 8 nitrogen and oxygen atoms in total. The Hall–Kier alpha value is -3.03. The molecule has 1 aromatic rings. The van der Waals surface area contributed by atoms with E-state index < -0.39 is 6.09 Å². The Morgan fingerprint density at radius 1 is 1.16 bits per heavy atom. The summed E-state index contributed by atoms with van der Waals surface area (Å²) < 4.78 is 15.3. The molecule has 4 rings (SSSR count). The van der Waals surface area contributed by atoms with Crippen LogP contribution >= 0.6 is 0 Å². The lowest BCUT2D eigenvalue weighted by atomic mass is 10.2. The first-order valence-electron chi connectivity index (χ1n) is 7.97. The summed E-state index contributed by atoms with van der Waals surface area (Å²) in [4.78, 5) is 38.4. The number of likely N-dealkylation sites (tertiary alicyclic amines) is 1. The number of carbonyl (C=O) groups is 3. The number of ether oxygens (including phenoxy) is 3. The van der Waals surface area contributed by atoms with Crippen molar-refractivity contribution in [3.05, 3.63) is 29.8 Å². The van der Waals surface area contributed by atoms with Crippen LogP contribution in [0.4, 0.5) is 4.79 Å². The second kappa shape index (κ2) is 6.12. The minimum absolute atomic E-state index is 0.166. The van der Waals surface area contributed by atoms with E-state index in [9.17, 15) is 14.4 Å². The maximum atomic E-state index is 12.3. The van der Waals surface area contributed by atoms with Crippen molar-refractivity contribution in [2.24, 2.45) is 0 Å². The Bertz CT molecular complexity index is 758. The van der Waals surface area contributed by atoms with Crippen LogP contribution in [-0.2, 0) is 14.3 Å². The first-order chi connectivity index (χ1) is 12.1. The van der Waals surface area contributed by atoms with Gasteiger partial charge in [0, 0.05) is 19.2 Å². The molecule has 3 aliphatic heterocycles. The molecular formula is C17H16N2O6. The van der Waals surface area contributed by atoms with Crippen molar-refractivity contribution < 1.29 is 28.6 Å². The van der Waals surface area contributed by atoms with Crippen molar-refractivity contribution in [1.29, 1.82) is 0 Å². The van der Waals surface area contributed by atoms with Crippen LogP contribution in [0.1, 0.15) is 12.0 Å². The highest BCUT2D eigenvalue weighted by molar-refractivity contribution is 5.98. The summed E-state index contributed by atoms with van der Waals surface area (Å²) in [5.74, 6) is 0.829. The zero-order chi connectivity index (χ0) is 17.4. The summed E-state index contributed by atoms with van der Waals surface area (Å²) in [6.45, 7) is 0.804. The molecule has 1 aromatic carbocycles. The quantitative estimate of drug-likeness (QED) is 0.761. The number of hydrogen-bond acceptors (Lipinski definition) is 6. The van der Waals surface area contributed by atoms with E-state index in [4.69, 9.17) is 14.2 Å². The van der Waals surface area contributed by atoms with Crippen LogP contribution in [0.5, 0.6) is 11.5 Å². The summed E-state index contributed by atoms with van der Waals surface area (Å²) in [6, 6.07) is 5.12. The van der Waals surface area contributed by atoms with E-state index >= 15 is 0 Å². The van der Waals surface area contributed by atoms with Crippen molar-refractivity contribution in [3.8, 4) is 11.5 Å². The predicted molar refractivity (Wildman–Crippen MR) is 84.8 cm³/mol. The van der Waals surface area contributed by atoms with Gasteiger partial charge in [-0.3, -0.25) is 9.59 Å². The number of amides is 3. The number of imide groups is 1. The molecule has 25 heavy (non-hydrogen) atoms. The van der Waals surface area contributed by atoms with Gasteiger partial charge < -0.3 is 19.1 Å². The number of nitrogens with zero attached hydrogens (tertiary/aromatic N) is 2. The lowest BCUT2D eigenvalue weighted by Gasteiger charge is -2.19. The molecule has 0 unspecified atom stereocenters. The molecule has 3 amide bonds. The SMILES string of the molecule is O=C(/C=C/c1ccc2c(c1)OCO2)N1CC[C@H](N2C(=O)COC2=O)C1. The molecule has 0 bridgehead atoms. The Morgan fingerprint density at radius 3 is 2.80 bits per heavy atom. The van der Waals surface area contributed by atoms with Crippen molar-refractivity contribution in [2.75, 3.05) is 26.5 Å². The van der Waals surface area contributed by atoms with Crippen molar-refractivity contribution in [2.45, 2.75) is 12.5 Å². The molecule has 0 N–H and O–H groups in total. The Labute approximate surface area is 143 Å². The van der Waals surface area contributed by atoms with Gasteiger partial charge in [0.05, 0.1) is 6.04 Å². The number of carbonyl (C=O) groups excluding carboxylic acids is 3. The molecule has 130 valence electrons. The number of hydrogen-bond donors (Lipinski definition) is 0. The number of benzene rings is 1. The zero-order valence-electron chi connectivity index (χ0n) is 13.3. The van der Waals surface area contributed by atoms with E-state index in [0.717, 1.165) is 10.5 Å². The Morgan fingerprint density at radius 2 is 2.00 bits per heavy atom. The average molecular weight is 344 g/mol. The summed E-state index contributed by atoms with van der Waals surface area (Å²) in [7, 11) is 0. The van der Waals surface area contributed by atoms with Crippen LogP contribution in [0.25, 0.3) is 6.08 Å². The van der Waals surface area contributed by atoms with E-state index in [2.05, 4.69) is 0 Å². The lowest BCUT2D eigenvalue weighted by molar-refractivity contribution is -0.128. The van der Waals surface area contributed by atoms with Crippen LogP contribution in [0.2, 0.25) is 0 Å². The van der Waals surface area contributed by atoms with Crippen LogP contribution in [0.3, 0.4) is 0 Å². The van der Waals surface area contributed by atoms with E-state index in [1.165, 1.54) is 6.08 Å². The molecule has 2 saturated heterocycles. The van der Waals surface area contributed by atoms with Gasteiger partial charge in [-0.2, -0.15) is 0 Å². The summed E-state index contributed by atoms with van der Waals surface area (Å²) in [5.41, 5.74) is 0.826. The van der Waals surface area contributed by atoms with Crippen LogP contribution in [0.15, 0.2) is 24.3 Å². The molecular weight excluding hydrogens is 328 g/mol. The minimum Gasteiger partial charge on any atom is -0.454 e. The fourth-order valence-corrected chi connectivity index (χ4v) is 3.16. The van der Waals surface area contributed by atoms with Crippen molar-refractivity contribution >= 4 is 24.0 Å². The molecule has 3 aliphatic rings. The van der Waals surface area contributed by atoms with Crippen LogP contribution in [0, 0.1) is 0 Å². The smallest absolute Gasteiger partial charge is 0.417 e. The predicted octanol–water partition coefficient (Wildman–Crippen LogP) is 1.01. The van der Waals surface area contributed by atoms with Crippen LogP contribution < -0.4 is 9.47 Å². The van der Waals surface area contributed by atoms with E-state index in [1.54, 1.807) is 23.1 Å². The van der Waals surface area contributed by atoms with E-state index in [-0.39, 0.29) is 31.3 Å². The maximum absolute atomic E-state index is 12.3. The number of fused-ring (bicyclic) bond motifs is 1. The topological polar surface area (TPSA) is 85.4 Å². The summed E-state index contributed by atoms with van der Waals surface area (Å²) >= 11 is 0. The Balaban J connectivity index is 1.39. The molecule has 8 heteroatoms. The summed E-state index contributed by atoms with van der Waals surface area (Å²) in [6.07, 6.45) is 3.11. The van der Waals surface area contributed by atoms with Gasteiger partial charge in [-0.15, -0.1) is 0 Å². The molecule has 1 atom stereocenters. The van der Waals surface area contributed by atoms with Crippen LogP contribution in [-0.4, -0.2) is 60.2 Å². The number of rotatable bonds is 3. The van der Waals surface area contributed by atoms with Gasteiger partial charge in [0.25, 0.3) is 5.91 Å². The van der Waals surface area contributed by atoms with Crippen molar-refractivity contribution in [3.63, 3.8) is 0 Å². The lowest BCUT2D eigenvalue weighted by Crippen LogP contribution is -2.41. The third kappa shape index (κ3) is 2.90. The van der Waals surface area contributed by atoms with Gasteiger partial charge in [0.15, 0.2) is 18.1 Å². The van der Waals surface area contributed by atoms with Gasteiger partial charge in [-0.25, -0.2) is 9.69 Å². The fourth-order valence-electron chi connectivity index (χ4n) is 3.16. The molecule has 0 spiro atoms. The second-order valence-electron chi connectivity index (χ2n) is 5.99. The average Bonchev–Trinajstić information content (AvgIpc) is 3.32. The molecule has 0 aliphatic carbocycles. The third-order valence-electron chi connectivity index (χ3n) is 4.44. The molecule has 2 fully saturated rings. The minimum atomic E-state index is -0.625.